The fourth-order valence-electron chi connectivity index (χ4n) is 3.43. The molecule has 146 valence electrons. The zero-order chi connectivity index (χ0) is 20.4. The van der Waals surface area contributed by atoms with Gasteiger partial charge in [-0.05, 0) is 37.6 Å². The van der Waals surface area contributed by atoms with Crippen LogP contribution in [0.3, 0.4) is 0 Å². The standard InChI is InChI=1S/C23H22N4O2/c1-3-26(19-11-7-8-17(2)14-19)22(28)16-25-12-13-27-21(23(25)29)15-20(24-27)18-9-5-4-6-10-18/h4-15H,3,16H2,1-2H3. The molecule has 0 aliphatic carbocycles. The summed E-state index contributed by atoms with van der Waals surface area (Å²) in [7, 11) is 0. The Morgan fingerprint density at radius 1 is 1.03 bits per heavy atom. The lowest BCUT2D eigenvalue weighted by atomic mass is 10.1. The molecule has 29 heavy (non-hydrogen) atoms. The van der Waals surface area contributed by atoms with Gasteiger partial charge in [-0.15, -0.1) is 0 Å². The molecule has 0 N–H and O–H groups in total. The average Bonchev–Trinajstić information content (AvgIpc) is 3.17. The third kappa shape index (κ3) is 3.69. The zero-order valence-electron chi connectivity index (χ0n) is 16.4. The fraction of sp³-hybridized carbons (Fsp3) is 0.174. The first-order valence-electron chi connectivity index (χ1n) is 9.58. The van der Waals surface area contributed by atoms with Gasteiger partial charge in [0.25, 0.3) is 5.56 Å². The number of aromatic nitrogens is 3. The first-order chi connectivity index (χ1) is 14.1. The van der Waals surface area contributed by atoms with E-state index >= 15 is 0 Å². The lowest BCUT2D eigenvalue weighted by Gasteiger charge is -2.22. The molecule has 0 bridgehead atoms. The Hall–Kier alpha value is -3.67. The second-order valence-electron chi connectivity index (χ2n) is 6.93. The monoisotopic (exact) mass is 386 g/mol. The molecule has 0 unspecified atom stereocenters. The van der Waals surface area contributed by atoms with Gasteiger partial charge in [0.1, 0.15) is 12.1 Å². The molecule has 6 heteroatoms. The van der Waals surface area contributed by atoms with Crippen molar-refractivity contribution in [3.63, 3.8) is 0 Å². The molecule has 0 radical (unpaired) electrons. The predicted octanol–water partition coefficient (Wildman–Crippen LogP) is 3.52. The molecule has 0 saturated carbocycles. The predicted molar refractivity (Wildman–Crippen MR) is 114 cm³/mol. The number of hydrogen-bond donors (Lipinski definition) is 0. The van der Waals surface area contributed by atoms with E-state index in [-0.39, 0.29) is 18.0 Å². The van der Waals surface area contributed by atoms with Crippen LogP contribution in [0.5, 0.6) is 0 Å². The van der Waals surface area contributed by atoms with Crippen molar-refractivity contribution in [2.45, 2.75) is 20.4 Å². The van der Waals surface area contributed by atoms with Gasteiger partial charge in [-0.3, -0.25) is 9.59 Å². The highest BCUT2D eigenvalue weighted by molar-refractivity contribution is 5.93. The molecular weight excluding hydrogens is 364 g/mol. The Balaban J connectivity index is 1.65. The minimum atomic E-state index is -0.240. The summed E-state index contributed by atoms with van der Waals surface area (Å²) in [4.78, 5) is 27.5. The molecule has 2 heterocycles. The van der Waals surface area contributed by atoms with Gasteiger partial charge in [-0.1, -0.05) is 42.5 Å². The van der Waals surface area contributed by atoms with Crippen molar-refractivity contribution in [3.05, 3.63) is 89.0 Å². The van der Waals surface area contributed by atoms with Gasteiger partial charge in [-0.25, -0.2) is 4.52 Å². The van der Waals surface area contributed by atoms with Crippen LogP contribution in [-0.2, 0) is 11.3 Å². The van der Waals surface area contributed by atoms with Crippen LogP contribution < -0.4 is 10.5 Å². The van der Waals surface area contributed by atoms with Crippen LogP contribution >= 0.6 is 0 Å². The van der Waals surface area contributed by atoms with Gasteiger partial charge in [0, 0.05) is 30.2 Å². The number of carbonyl (C=O) groups excluding carboxylic acids is 1. The van der Waals surface area contributed by atoms with E-state index in [1.54, 1.807) is 27.9 Å². The van der Waals surface area contributed by atoms with Gasteiger partial charge in [0.15, 0.2) is 0 Å². The van der Waals surface area contributed by atoms with Crippen LogP contribution in [0, 0.1) is 6.92 Å². The summed E-state index contributed by atoms with van der Waals surface area (Å²) in [6, 6.07) is 19.3. The molecule has 2 aromatic carbocycles. The highest BCUT2D eigenvalue weighted by atomic mass is 16.2. The minimum absolute atomic E-state index is 0.0248. The first kappa shape index (κ1) is 18.7. The van der Waals surface area contributed by atoms with Crippen LogP contribution in [0.1, 0.15) is 12.5 Å². The van der Waals surface area contributed by atoms with E-state index in [2.05, 4.69) is 5.10 Å². The van der Waals surface area contributed by atoms with E-state index < -0.39 is 0 Å². The molecule has 1 amide bonds. The molecule has 0 aliphatic heterocycles. The normalized spacial score (nSPS) is 11.0. The second-order valence-corrected chi connectivity index (χ2v) is 6.93. The van der Waals surface area contributed by atoms with E-state index in [9.17, 15) is 9.59 Å². The lowest BCUT2D eigenvalue weighted by molar-refractivity contribution is -0.119. The number of amides is 1. The van der Waals surface area contributed by atoms with Gasteiger partial charge in [-0.2, -0.15) is 5.10 Å². The minimum Gasteiger partial charge on any atom is -0.311 e. The van der Waals surface area contributed by atoms with Crippen molar-refractivity contribution in [2.75, 3.05) is 11.4 Å². The van der Waals surface area contributed by atoms with E-state index in [0.29, 0.717) is 12.1 Å². The van der Waals surface area contributed by atoms with Crippen LogP contribution in [0.15, 0.2) is 77.9 Å². The van der Waals surface area contributed by atoms with Crippen molar-refractivity contribution in [2.24, 2.45) is 0 Å². The highest BCUT2D eigenvalue weighted by Gasteiger charge is 2.16. The summed E-state index contributed by atoms with van der Waals surface area (Å²) in [5.74, 6) is -0.132. The number of likely N-dealkylation sites (N-methyl/N-ethyl adjacent to an activating group) is 1. The molecule has 0 saturated heterocycles. The molecule has 2 aromatic heterocycles. The van der Waals surface area contributed by atoms with E-state index in [0.717, 1.165) is 22.5 Å². The number of benzene rings is 2. The summed E-state index contributed by atoms with van der Waals surface area (Å²) < 4.78 is 3.00. The van der Waals surface area contributed by atoms with Gasteiger partial charge >= 0.3 is 0 Å². The fourth-order valence-corrected chi connectivity index (χ4v) is 3.43. The van der Waals surface area contributed by atoms with Gasteiger partial charge < -0.3 is 9.47 Å². The summed E-state index contributed by atoms with van der Waals surface area (Å²) in [6.45, 7) is 4.42. The Kier molecular flexibility index (Phi) is 4.99. The third-order valence-corrected chi connectivity index (χ3v) is 4.91. The summed E-state index contributed by atoms with van der Waals surface area (Å²) in [5.41, 5.74) is 3.78. The second kappa shape index (κ2) is 7.75. The largest absolute Gasteiger partial charge is 0.311 e. The number of aryl methyl sites for hydroxylation is 1. The van der Waals surface area contributed by atoms with Crippen LogP contribution in [0.4, 0.5) is 5.69 Å². The van der Waals surface area contributed by atoms with E-state index in [1.807, 2.05) is 68.4 Å². The van der Waals surface area contributed by atoms with Crippen LogP contribution in [-0.4, -0.2) is 26.6 Å². The zero-order valence-corrected chi connectivity index (χ0v) is 16.4. The van der Waals surface area contributed by atoms with E-state index in [1.165, 1.54) is 4.57 Å². The summed E-state index contributed by atoms with van der Waals surface area (Å²) in [5, 5.41) is 4.48. The molecule has 6 nitrogen and oxygen atoms in total. The Morgan fingerprint density at radius 3 is 2.55 bits per heavy atom. The molecule has 0 fully saturated rings. The SMILES string of the molecule is CCN(C(=O)Cn1ccn2nc(-c3ccccc3)cc2c1=O)c1cccc(C)c1. The van der Waals surface area contributed by atoms with Crippen molar-refractivity contribution < 1.29 is 4.79 Å². The Labute approximate surface area is 168 Å². The maximum Gasteiger partial charge on any atom is 0.277 e. The van der Waals surface area contributed by atoms with Crippen molar-refractivity contribution in [3.8, 4) is 11.3 Å². The van der Waals surface area contributed by atoms with Crippen LogP contribution in [0.25, 0.3) is 16.8 Å². The number of hydrogen-bond acceptors (Lipinski definition) is 3. The number of carbonyl (C=O) groups is 1. The molecule has 4 rings (SSSR count). The highest BCUT2D eigenvalue weighted by Crippen LogP contribution is 2.18. The Bertz CT molecular complexity index is 1220. The molecule has 4 aromatic rings. The van der Waals surface area contributed by atoms with Crippen molar-refractivity contribution in [1.82, 2.24) is 14.2 Å². The van der Waals surface area contributed by atoms with Crippen molar-refractivity contribution >= 4 is 17.1 Å². The summed E-state index contributed by atoms with van der Waals surface area (Å²) >= 11 is 0. The maximum absolute atomic E-state index is 12.9. The van der Waals surface area contributed by atoms with Gasteiger partial charge in [0.05, 0.1) is 5.69 Å². The molecule has 0 atom stereocenters. The van der Waals surface area contributed by atoms with Gasteiger partial charge in [0.2, 0.25) is 5.91 Å². The topological polar surface area (TPSA) is 59.6 Å². The average molecular weight is 386 g/mol. The molecule has 0 spiro atoms. The van der Waals surface area contributed by atoms with Crippen LogP contribution in [0.2, 0.25) is 0 Å². The smallest absolute Gasteiger partial charge is 0.277 e. The number of nitrogens with zero attached hydrogens (tertiary/aromatic N) is 4. The number of anilines is 1. The first-order valence-corrected chi connectivity index (χ1v) is 9.58. The number of fused-ring (bicyclic) bond motifs is 1. The maximum atomic E-state index is 12.9. The van der Waals surface area contributed by atoms with E-state index in [4.69, 9.17) is 0 Å². The Morgan fingerprint density at radius 2 is 1.83 bits per heavy atom. The number of rotatable bonds is 5. The quantitative estimate of drug-likeness (QED) is 0.527. The lowest BCUT2D eigenvalue weighted by Crippen LogP contribution is -2.36. The van der Waals surface area contributed by atoms with Crippen molar-refractivity contribution in [1.29, 1.82) is 0 Å². The molecule has 0 aliphatic rings. The summed E-state index contributed by atoms with van der Waals surface area (Å²) in [6.07, 6.45) is 3.32. The third-order valence-electron chi connectivity index (χ3n) is 4.91. The molecular formula is C23H22N4O2.